The lowest BCUT2D eigenvalue weighted by atomic mass is 9.95. The summed E-state index contributed by atoms with van der Waals surface area (Å²) in [5, 5.41) is 26.5. The van der Waals surface area contributed by atoms with E-state index < -0.39 is 4.92 Å². The van der Waals surface area contributed by atoms with Crippen LogP contribution in [0.2, 0.25) is 0 Å². The number of nitro benzene ring substituents is 1. The molecule has 0 aliphatic heterocycles. The third kappa shape index (κ3) is 3.67. The van der Waals surface area contributed by atoms with Crippen LogP contribution in [0, 0.1) is 24.0 Å². The number of nitrogens with zero attached hydrogens (tertiary/aromatic N) is 2. The van der Waals surface area contributed by atoms with Gasteiger partial charge >= 0.3 is 0 Å². The highest BCUT2D eigenvalue weighted by Crippen LogP contribution is 2.37. The molecule has 0 amide bonds. The van der Waals surface area contributed by atoms with E-state index in [0.717, 1.165) is 27.9 Å². The molecule has 3 aromatic carbocycles. The smallest absolute Gasteiger partial charge is 0.269 e. The highest BCUT2D eigenvalue weighted by Gasteiger charge is 2.21. The maximum atomic E-state index is 11.1. The van der Waals surface area contributed by atoms with Crippen molar-refractivity contribution in [3.63, 3.8) is 0 Å². The number of phenolic OH excluding ortho intramolecular Hbond substituents is 1. The molecule has 1 atom stereocenters. The zero-order chi connectivity index (χ0) is 21.3. The third-order valence-corrected chi connectivity index (χ3v) is 5.17. The molecule has 30 heavy (non-hydrogen) atoms. The molecule has 0 spiro atoms. The van der Waals surface area contributed by atoms with Crippen LogP contribution in [0.5, 0.6) is 5.75 Å². The number of aromatic nitrogens is 1. The highest BCUT2D eigenvalue weighted by molar-refractivity contribution is 5.86. The zero-order valence-corrected chi connectivity index (χ0v) is 16.7. The first kappa shape index (κ1) is 19.4. The van der Waals surface area contributed by atoms with Crippen LogP contribution in [0.1, 0.15) is 28.4 Å². The largest absolute Gasteiger partial charge is 0.505 e. The Morgan fingerprint density at radius 1 is 1.00 bits per heavy atom. The van der Waals surface area contributed by atoms with Gasteiger partial charge in [-0.15, -0.1) is 0 Å². The predicted octanol–water partition coefficient (Wildman–Crippen LogP) is 5.67. The number of aromatic hydroxyl groups is 1. The lowest BCUT2D eigenvalue weighted by Crippen LogP contribution is -2.13. The molecular formula is C24H21N3O3. The van der Waals surface area contributed by atoms with Crippen LogP contribution >= 0.6 is 0 Å². The Bertz CT molecular complexity index is 1240. The third-order valence-electron chi connectivity index (χ3n) is 5.17. The van der Waals surface area contributed by atoms with Crippen LogP contribution in [0.4, 0.5) is 11.4 Å². The molecule has 0 saturated carbocycles. The number of nitrogens with one attached hydrogen (secondary N) is 1. The van der Waals surface area contributed by atoms with Crippen LogP contribution in [-0.4, -0.2) is 15.0 Å². The maximum Gasteiger partial charge on any atom is 0.269 e. The molecule has 0 radical (unpaired) electrons. The number of aryl methyl sites for hydroxylation is 2. The van der Waals surface area contributed by atoms with Crippen molar-refractivity contribution in [2.45, 2.75) is 19.9 Å². The SMILES string of the molecule is Cc1ccc2ccc(C(Nc3ccc([N+](=O)[O-])cc3C)c3ccccc3)c(O)c2n1. The second-order valence-corrected chi connectivity index (χ2v) is 7.27. The zero-order valence-electron chi connectivity index (χ0n) is 16.7. The van der Waals surface area contributed by atoms with Crippen molar-refractivity contribution < 1.29 is 10.0 Å². The molecular weight excluding hydrogens is 378 g/mol. The van der Waals surface area contributed by atoms with Gasteiger partial charge in [0.2, 0.25) is 0 Å². The number of fused-ring (bicyclic) bond motifs is 1. The van der Waals surface area contributed by atoms with E-state index in [2.05, 4.69) is 10.3 Å². The first-order valence-corrected chi connectivity index (χ1v) is 9.60. The Hall–Kier alpha value is -3.93. The summed E-state index contributed by atoms with van der Waals surface area (Å²) in [5.74, 6) is 0.122. The molecule has 1 unspecified atom stereocenters. The number of phenols is 1. The van der Waals surface area contributed by atoms with Crippen molar-refractivity contribution in [1.82, 2.24) is 4.98 Å². The summed E-state index contributed by atoms with van der Waals surface area (Å²) in [5.41, 5.74) is 4.57. The molecule has 0 aliphatic rings. The minimum atomic E-state index is -0.408. The van der Waals surface area contributed by atoms with Gasteiger partial charge in [0.15, 0.2) is 0 Å². The van der Waals surface area contributed by atoms with Crippen molar-refractivity contribution in [3.8, 4) is 5.75 Å². The monoisotopic (exact) mass is 399 g/mol. The van der Waals surface area contributed by atoms with E-state index in [-0.39, 0.29) is 17.5 Å². The van der Waals surface area contributed by atoms with Crippen LogP contribution in [0.3, 0.4) is 0 Å². The van der Waals surface area contributed by atoms with Crippen LogP contribution in [0.25, 0.3) is 10.9 Å². The van der Waals surface area contributed by atoms with Gasteiger partial charge in [-0.3, -0.25) is 10.1 Å². The number of benzene rings is 3. The fraction of sp³-hybridized carbons (Fsp3) is 0.125. The standard InChI is InChI=1S/C24H21N3O3/c1-15-14-19(27(29)30)11-13-21(15)26-22(17-6-4-3-5-7-17)20-12-10-18-9-8-16(2)25-23(18)24(20)28/h3-14,22,26,28H,1-2H3. The van der Waals surface area contributed by atoms with Gasteiger partial charge in [0, 0.05) is 34.5 Å². The lowest BCUT2D eigenvalue weighted by Gasteiger charge is -2.23. The summed E-state index contributed by atoms with van der Waals surface area (Å²) in [6.45, 7) is 3.71. The minimum absolute atomic E-state index is 0.0440. The molecule has 6 nitrogen and oxygen atoms in total. The van der Waals surface area contributed by atoms with E-state index in [1.807, 2.05) is 68.4 Å². The number of rotatable bonds is 5. The Morgan fingerprint density at radius 3 is 2.43 bits per heavy atom. The number of hydrogen-bond acceptors (Lipinski definition) is 5. The quantitative estimate of drug-likeness (QED) is 0.334. The van der Waals surface area contributed by atoms with Crippen LogP contribution in [0.15, 0.2) is 72.8 Å². The average molecular weight is 399 g/mol. The molecule has 1 aromatic heterocycles. The number of pyridine rings is 1. The van der Waals surface area contributed by atoms with Crippen LogP contribution in [-0.2, 0) is 0 Å². The van der Waals surface area contributed by atoms with E-state index in [1.54, 1.807) is 6.07 Å². The molecule has 0 bridgehead atoms. The molecule has 1 heterocycles. The Kier molecular flexibility index (Phi) is 5.06. The molecule has 0 fully saturated rings. The first-order chi connectivity index (χ1) is 14.4. The fourth-order valence-corrected chi connectivity index (χ4v) is 3.58. The summed E-state index contributed by atoms with van der Waals surface area (Å²) in [7, 11) is 0. The molecule has 0 saturated heterocycles. The van der Waals surface area contributed by atoms with Gasteiger partial charge in [-0.2, -0.15) is 0 Å². The van der Waals surface area contributed by atoms with Crippen molar-refractivity contribution >= 4 is 22.3 Å². The average Bonchev–Trinajstić information content (AvgIpc) is 2.74. The first-order valence-electron chi connectivity index (χ1n) is 9.60. The van der Waals surface area contributed by atoms with Gasteiger partial charge in [0.05, 0.1) is 11.0 Å². The van der Waals surface area contributed by atoms with Gasteiger partial charge in [0.25, 0.3) is 5.69 Å². The normalized spacial score (nSPS) is 11.9. The summed E-state index contributed by atoms with van der Waals surface area (Å²) >= 11 is 0. The van der Waals surface area contributed by atoms with Gasteiger partial charge in [0.1, 0.15) is 11.3 Å². The van der Waals surface area contributed by atoms with Gasteiger partial charge in [-0.25, -0.2) is 4.98 Å². The van der Waals surface area contributed by atoms with E-state index in [1.165, 1.54) is 12.1 Å². The summed E-state index contributed by atoms with van der Waals surface area (Å²) < 4.78 is 0. The summed E-state index contributed by atoms with van der Waals surface area (Å²) in [6, 6.07) is 21.8. The van der Waals surface area contributed by atoms with Gasteiger partial charge < -0.3 is 10.4 Å². The second kappa shape index (κ2) is 7.83. The number of anilines is 1. The van der Waals surface area contributed by atoms with E-state index >= 15 is 0 Å². The molecule has 2 N–H and O–H groups in total. The summed E-state index contributed by atoms with van der Waals surface area (Å²) in [6.07, 6.45) is 0. The van der Waals surface area contributed by atoms with Crippen LogP contribution < -0.4 is 5.32 Å². The molecule has 4 rings (SSSR count). The fourth-order valence-electron chi connectivity index (χ4n) is 3.58. The lowest BCUT2D eigenvalue weighted by molar-refractivity contribution is -0.384. The number of non-ortho nitro benzene ring substituents is 1. The highest BCUT2D eigenvalue weighted by atomic mass is 16.6. The Labute approximate surface area is 174 Å². The second-order valence-electron chi connectivity index (χ2n) is 7.27. The Morgan fingerprint density at radius 2 is 1.73 bits per heavy atom. The van der Waals surface area contributed by atoms with Crippen molar-refractivity contribution in [3.05, 3.63) is 105 Å². The Balaban J connectivity index is 1.83. The van der Waals surface area contributed by atoms with Crippen molar-refractivity contribution in [2.24, 2.45) is 0 Å². The topological polar surface area (TPSA) is 88.3 Å². The molecule has 4 aromatic rings. The molecule has 6 heteroatoms. The number of hydrogen-bond donors (Lipinski definition) is 2. The summed E-state index contributed by atoms with van der Waals surface area (Å²) in [4.78, 5) is 15.2. The van der Waals surface area contributed by atoms with Gasteiger partial charge in [-0.05, 0) is 37.1 Å². The maximum absolute atomic E-state index is 11.1. The predicted molar refractivity (Wildman–Crippen MR) is 118 cm³/mol. The minimum Gasteiger partial charge on any atom is -0.505 e. The van der Waals surface area contributed by atoms with Crippen molar-refractivity contribution in [1.29, 1.82) is 0 Å². The van der Waals surface area contributed by atoms with E-state index in [9.17, 15) is 15.2 Å². The molecule has 0 aliphatic carbocycles. The van der Waals surface area contributed by atoms with Gasteiger partial charge in [-0.1, -0.05) is 48.5 Å². The van der Waals surface area contributed by atoms with E-state index in [0.29, 0.717) is 11.1 Å². The van der Waals surface area contributed by atoms with Crippen molar-refractivity contribution in [2.75, 3.05) is 5.32 Å². The van der Waals surface area contributed by atoms with E-state index in [4.69, 9.17) is 0 Å². The number of nitro groups is 1. The molecule has 150 valence electrons.